The fourth-order valence-corrected chi connectivity index (χ4v) is 4.26. The standard InChI is InChI=1S/C19H26N6OS2/c1-14-4-2-3-5-16(14)21-18-22-25(19(27)28-18)13-24-10-8-23(9-11-24)12-17(26)20-15-6-7-15/h2-5,15H,6-13H2,1H3,(H,20,26)(H,21,22). The summed E-state index contributed by atoms with van der Waals surface area (Å²) in [6, 6.07) is 8.58. The Morgan fingerprint density at radius 1 is 1.21 bits per heavy atom. The molecule has 1 saturated carbocycles. The van der Waals surface area contributed by atoms with Crippen LogP contribution < -0.4 is 10.6 Å². The van der Waals surface area contributed by atoms with Gasteiger partial charge < -0.3 is 10.6 Å². The van der Waals surface area contributed by atoms with E-state index in [9.17, 15) is 4.79 Å². The van der Waals surface area contributed by atoms with Crippen molar-refractivity contribution < 1.29 is 4.79 Å². The van der Waals surface area contributed by atoms with E-state index in [0.29, 0.717) is 19.3 Å². The molecule has 0 unspecified atom stereocenters. The second kappa shape index (κ2) is 8.69. The third-order valence-corrected chi connectivity index (χ3v) is 6.32. The summed E-state index contributed by atoms with van der Waals surface area (Å²) in [6.07, 6.45) is 2.27. The molecule has 0 atom stereocenters. The zero-order valence-electron chi connectivity index (χ0n) is 16.1. The average Bonchev–Trinajstić information content (AvgIpc) is 3.41. The largest absolute Gasteiger partial charge is 0.352 e. The molecule has 2 heterocycles. The van der Waals surface area contributed by atoms with E-state index in [1.807, 2.05) is 22.9 Å². The number of rotatable bonds is 7. The van der Waals surface area contributed by atoms with Gasteiger partial charge in [-0.05, 0) is 43.6 Å². The molecule has 9 heteroatoms. The van der Waals surface area contributed by atoms with Crippen LogP contribution in [0.4, 0.5) is 10.8 Å². The second-order valence-electron chi connectivity index (χ2n) is 7.49. The molecule has 2 aromatic rings. The van der Waals surface area contributed by atoms with Gasteiger partial charge in [0, 0.05) is 37.9 Å². The zero-order valence-corrected chi connectivity index (χ0v) is 17.7. The number of carbonyl (C=O) groups excluding carboxylic acids is 1. The summed E-state index contributed by atoms with van der Waals surface area (Å²) >= 11 is 7.00. The molecule has 150 valence electrons. The van der Waals surface area contributed by atoms with Gasteiger partial charge in [-0.15, -0.1) is 5.10 Å². The van der Waals surface area contributed by atoms with Gasteiger partial charge in [-0.1, -0.05) is 29.5 Å². The van der Waals surface area contributed by atoms with Crippen molar-refractivity contribution >= 4 is 40.3 Å². The van der Waals surface area contributed by atoms with Gasteiger partial charge in [0.05, 0.1) is 13.2 Å². The molecular formula is C19H26N6OS2. The lowest BCUT2D eigenvalue weighted by Gasteiger charge is -2.33. The quantitative estimate of drug-likeness (QED) is 0.674. The molecule has 1 saturated heterocycles. The first-order chi connectivity index (χ1) is 13.6. The minimum atomic E-state index is 0.157. The van der Waals surface area contributed by atoms with E-state index < -0.39 is 0 Å². The van der Waals surface area contributed by atoms with Gasteiger partial charge in [0.1, 0.15) is 0 Å². The molecular weight excluding hydrogens is 392 g/mol. The number of hydrogen-bond acceptors (Lipinski definition) is 7. The maximum atomic E-state index is 12.0. The van der Waals surface area contributed by atoms with Gasteiger partial charge in [-0.2, -0.15) is 0 Å². The monoisotopic (exact) mass is 418 g/mol. The first kappa shape index (κ1) is 19.5. The molecule has 1 amide bonds. The van der Waals surface area contributed by atoms with Crippen LogP contribution in [-0.4, -0.2) is 64.3 Å². The molecule has 0 spiro atoms. The molecule has 0 bridgehead atoms. The Bertz CT molecular complexity index is 883. The molecule has 1 aromatic carbocycles. The minimum absolute atomic E-state index is 0.157. The van der Waals surface area contributed by atoms with E-state index >= 15 is 0 Å². The fraction of sp³-hybridized carbons (Fsp3) is 0.526. The SMILES string of the molecule is Cc1ccccc1Nc1nn(CN2CCN(CC(=O)NC3CC3)CC2)c(=S)s1. The van der Waals surface area contributed by atoms with Crippen LogP contribution in [0.25, 0.3) is 0 Å². The number of nitrogens with zero attached hydrogens (tertiary/aromatic N) is 4. The highest BCUT2D eigenvalue weighted by atomic mass is 32.1. The number of para-hydroxylation sites is 1. The Morgan fingerprint density at radius 3 is 2.64 bits per heavy atom. The van der Waals surface area contributed by atoms with Crippen molar-refractivity contribution in [2.24, 2.45) is 0 Å². The van der Waals surface area contributed by atoms with Crippen LogP contribution in [0.15, 0.2) is 24.3 Å². The fourth-order valence-electron chi connectivity index (χ4n) is 3.26. The zero-order chi connectivity index (χ0) is 19.5. The van der Waals surface area contributed by atoms with E-state index in [-0.39, 0.29) is 5.91 Å². The van der Waals surface area contributed by atoms with Crippen molar-refractivity contribution in [2.45, 2.75) is 32.5 Å². The minimum Gasteiger partial charge on any atom is -0.352 e. The van der Waals surface area contributed by atoms with Gasteiger partial charge in [0.15, 0.2) is 3.95 Å². The van der Waals surface area contributed by atoms with Crippen molar-refractivity contribution in [3.05, 3.63) is 33.8 Å². The summed E-state index contributed by atoms with van der Waals surface area (Å²) in [5.41, 5.74) is 2.23. The van der Waals surface area contributed by atoms with Crippen LogP contribution in [0.1, 0.15) is 18.4 Å². The number of aromatic nitrogens is 2. The number of aryl methyl sites for hydroxylation is 1. The molecule has 4 rings (SSSR count). The second-order valence-corrected chi connectivity index (χ2v) is 9.11. The molecule has 0 radical (unpaired) electrons. The van der Waals surface area contributed by atoms with Crippen LogP contribution >= 0.6 is 23.6 Å². The van der Waals surface area contributed by atoms with E-state index in [4.69, 9.17) is 12.2 Å². The Morgan fingerprint density at radius 2 is 1.93 bits per heavy atom. The van der Waals surface area contributed by atoms with E-state index in [0.717, 1.165) is 53.8 Å². The van der Waals surface area contributed by atoms with E-state index in [1.54, 1.807) is 0 Å². The van der Waals surface area contributed by atoms with E-state index in [1.165, 1.54) is 16.9 Å². The highest BCUT2D eigenvalue weighted by Gasteiger charge is 2.25. The first-order valence-electron chi connectivity index (χ1n) is 9.71. The highest BCUT2D eigenvalue weighted by Crippen LogP contribution is 2.23. The van der Waals surface area contributed by atoms with Gasteiger partial charge in [0.25, 0.3) is 0 Å². The van der Waals surface area contributed by atoms with E-state index in [2.05, 4.69) is 38.5 Å². The molecule has 2 fully saturated rings. The Hall–Kier alpha value is -1.81. The number of carbonyl (C=O) groups is 1. The van der Waals surface area contributed by atoms with Gasteiger partial charge in [0.2, 0.25) is 11.0 Å². The average molecular weight is 419 g/mol. The molecule has 2 aliphatic rings. The van der Waals surface area contributed by atoms with Crippen molar-refractivity contribution in [2.75, 3.05) is 38.0 Å². The predicted octanol–water partition coefficient (Wildman–Crippen LogP) is 2.58. The maximum absolute atomic E-state index is 12.0. The highest BCUT2D eigenvalue weighted by molar-refractivity contribution is 7.73. The Labute approximate surface area is 174 Å². The topological polar surface area (TPSA) is 65.4 Å². The van der Waals surface area contributed by atoms with Gasteiger partial charge >= 0.3 is 0 Å². The summed E-state index contributed by atoms with van der Waals surface area (Å²) in [5, 5.41) is 11.9. The summed E-state index contributed by atoms with van der Waals surface area (Å²) in [7, 11) is 0. The Balaban J connectivity index is 1.28. The molecule has 7 nitrogen and oxygen atoms in total. The number of hydrogen-bond donors (Lipinski definition) is 2. The lowest BCUT2D eigenvalue weighted by molar-refractivity contribution is -0.122. The first-order valence-corrected chi connectivity index (χ1v) is 10.9. The van der Waals surface area contributed by atoms with Crippen molar-refractivity contribution in [1.82, 2.24) is 24.9 Å². The number of anilines is 2. The number of benzene rings is 1. The maximum Gasteiger partial charge on any atom is 0.234 e. The van der Waals surface area contributed by atoms with Crippen molar-refractivity contribution in [1.29, 1.82) is 0 Å². The lowest BCUT2D eigenvalue weighted by atomic mass is 10.2. The third-order valence-electron chi connectivity index (χ3n) is 5.10. The Kier molecular flexibility index (Phi) is 6.05. The number of nitrogens with one attached hydrogen (secondary N) is 2. The number of piperazine rings is 1. The predicted molar refractivity (Wildman–Crippen MR) is 115 cm³/mol. The number of amides is 1. The normalized spacial score (nSPS) is 18.2. The van der Waals surface area contributed by atoms with Gasteiger partial charge in [-0.25, -0.2) is 4.68 Å². The van der Waals surface area contributed by atoms with Crippen LogP contribution in [-0.2, 0) is 11.5 Å². The smallest absolute Gasteiger partial charge is 0.234 e. The van der Waals surface area contributed by atoms with Gasteiger partial charge in [-0.3, -0.25) is 14.6 Å². The van der Waals surface area contributed by atoms with Crippen LogP contribution in [0.5, 0.6) is 0 Å². The van der Waals surface area contributed by atoms with Crippen LogP contribution in [0, 0.1) is 10.9 Å². The summed E-state index contributed by atoms with van der Waals surface area (Å²) in [4.78, 5) is 16.5. The third kappa shape index (κ3) is 5.16. The summed E-state index contributed by atoms with van der Waals surface area (Å²) in [6.45, 7) is 6.88. The molecule has 1 aromatic heterocycles. The molecule has 28 heavy (non-hydrogen) atoms. The van der Waals surface area contributed by atoms with Crippen LogP contribution in [0.3, 0.4) is 0 Å². The van der Waals surface area contributed by atoms with Crippen molar-refractivity contribution in [3.8, 4) is 0 Å². The summed E-state index contributed by atoms with van der Waals surface area (Å²) in [5.74, 6) is 0.157. The molecule has 1 aliphatic carbocycles. The lowest BCUT2D eigenvalue weighted by Crippen LogP contribution is -2.49. The summed E-state index contributed by atoms with van der Waals surface area (Å²) < 4.78 is 2.65. The van der Waals surface area contributed by atoms with Crippen molar-refractivity contribution in [3.63, 3.8) is 0 Å². The van der Waals surface area contributed by atoms with Crippen LogP contribution in [0.2, 0.25) is 0 Å². The molecule has 2 N–H and O–H groups in total. The molecule has 1 aliphatic heterocycles.